The van der Waals surface area contributed by atoms with E-state index < -0.39 is 0 Å². The van der Waals surface area contributed by atoms with Gasteiger partial charge in [0.1, 0.15) is 5.82 Å². The van der Waals surface area contributed by atoms with Gasteiger partial charge < -0.3 is 4.57 Å². The Kier molecular flexibility index (Phi) is 2.52. The molecule has 0 unspecified atom stereocenters. The predicted molar refractivity (Wildman–Crippen MR) is 72.7 cm³/mol. The van der Waals surface area contributed by atoms with Crippen LogP contribution >= 0.6 is 11.6 Å². The minimum absolute atomic E-state index is 0.610. The fraction of sp³-hybridized carbons (Fsp3) is 0.214. The van der Waals surface area contributed by atoms with E-state index in [-0.39, 0.29) is 0 Å². The van der Waals surface area contributed by atoms with Gasteiger partial charge in [0.25, 0.3) is 0 Å². The third-order valence-corrected chi connectivity index (χ3v) is 3.28. The molecule has 0 N–H and O–H groups in total. The SMILES string of the molecule is Cc1nc2cc3ccccc3cc2n1CCCl. The fourth-order valence-electron chi connectivity index (χ4n) is 2.30. The number of hydrogen-bond donors (Lipinski definition) is 0. The van der Waals surface area contributed by atoms with E-state index in [2.05, 4.69) is 45.9 Å². The fourth-order valence-corrected chi connectivity index (χ4v) is 2.47. The molecule has 3 heteroatoms. The second kappa shape index (κ2) is 4.04. The lowest BCUT2D eigenvalue weighted by atomic mass is 10.1. The van der Waals surface area contributed by atoms with Crippen molar-refractivity contribution in [3.63, 3.8) is 0 Å². The molecule has 0 bridgehead atoms. The topological polar surface area (TPSA) is 17.8 Å². The van der Waals surface area contributed by atoms with Gasteiger partial charge in [-0.05, 0) is 29.8 Å². The molecule has 17 heavy (non-hydrogen) atoms. The van der Waals surface area contributed by atoms with Gasteiger partial charge in [0.2, 0.25) is 0 Å². The molecule has 1 aromatic heterocycles. The Hall–Kier alpha value is -1.54. The van der Waals surface area contributed by atoms with E-state index >= 15 is 0 Å². The van der Waals surface area contributed by atoms with Crippen molar-refractivity contribution in [2.45, 2.75) is 13.5 Å². The highest BCUT2D eigenvalue weighted by molar-refractivity contribution is 6.17. The summed E-state index contributed by atoms with van der Waals surface area (Å²) in [5.41, 5.74) is 2.22. The summed E-state index contributed by atoms with van der Waals surface area (Å²) in [4.78, 5) is 4.59. The number of halogens is 1. The van der Waals surface area contributed by atoms with Gasteiger partial charge >= 0.3 is 0 Å². The number of aryl methyl sites for hydroxylation is 2. The Morgan fingerprint density at radius 1 is 1.18 bits per heavy atom. The zero-order valence-corrected chi connectivity index (χ0v) is 10.4. The van der Waals surface area contributed by atoms with E-state index in [1.165, 1.54) is 16.3 Å². The first-order valence-electron chi connectivity index (χ1n) is 5.71. The van der Waals surface area contributed by atoms with Crippen LogP contribution in [0, 0.1) is 6.92 Å². The van der Waals surface area contributed by atoms with Gasteiger partial charge in [-0.15, -0.1) is 11.6 Å². The van der Waals surface area contributed by atoms with Gasteiger partial charge in [0, 0.05) is 12.4 Å². The maximum Gasteiger partial charge on any atom is 0.106 e. The van der Waals surface area contributed by atoms with E-state index in [1.54, 1.807) is 0 Å². The molecule has 2 aromatic carbocycles. The Balaban J connectivity index is 2.36. The highest BCUT2D eigenvalue weighted by Gasteiger charge is 2.07. The molecule has 2 nitrogen and oxygen atoms in total. The molecule has 0 aliphatic rings. The minimum Gasteiger partial charge on any atom is -0.327 e. The van der Waals surface area contributed by atoms with Crippen molar-refractivity contribution in [2.75, 3.05) is 5.88 Å². The van der Waals surface area contributed by atoms with Crippen molar-refractivity contribution < 1.29 is 0 Å². The first-order valence-corrected chi connectivity index (χ1v) is 6.24. The molecule has 0 saturated heterocycles. The van der Waals surface area contributed by atoms with E-state index in [0.717, 1.165) is 17.9 Å². The molecule has 0 amide bonds. The van der Waals surface area contributed by atoms with E-state index in [4.69, 9.17) is 11.6 Å². The summed E-state index contributed by atoms with van der Waals surface area (Å²) in [5.74, 6) is 1.63. The Morgan fingerprint density at radius 3 is 2.59 bits per heavy atom. The quantitative estimate of drug-likeness (QED) is 0.628. The monoisotopic (exact) mass is 244 g/mol. The zero-order valence-electron chi connectivity index (χ0n) is 9.65. The number of aromatic nitrogens is 2. The Bertz CT molecular complexity index is 685. The zero-order chi connectivity index (χ0) is 11.8. The van der Waals surface area contributed by atoms with Crippen LogP contribution in [0.3, 0.4) is 0 Å². The van der Waals surface area contributed by atoms with Gasteiger partial charge in [0.15, 0.2) is 0 Å². The summed E-state index contributed by atoms with van der Waals surface area (Å²) in [6.07, 6.45) is 0. The highest BCUT2D eigenvalue weighted by atomic mass is 35.5. The first kappa shape index (κ1) is 10.6. The number of hydrogen-bond acceptors (Lipinski definition) is 1. The summed E-state index contributed by atoms with van der Waals surface area (Å²) in [5, 5.41) is 2.48. The molecule has 3 aromatic rings. The van der Waals surface area contributed by atoms with Crippen molar-refractivity contribution in [1.29, 1.82) is 0 Å². The number of fused-ring (bicyclic) bond motifs is 2. The molecule has 0 fully saturated rings. The van der Waals surface area contributed by atoms with Gasteiger partial charge in [-0.1, -0.05) is 24.3 Å². The smallest absolute Gasteiger partial charge is 0.106 e. The van der Waals surface area contributed by atoms with Crippen LogP contribution in [-0.2, 0) is 6.54 Å². The van der Waals surface area contributed by atoms with Crippen LogP contribution in [0.15, 0.2) is 36.4 Å². The summed E-state index contributed by atoms with van der Waals surface area (Å²) < 4.78 is 2.18. The highest BCUT2D eigenvalue weighted by Crippen LogP contribution is 2.23. The van der Waals surface area contributed by atoms with Crippen molar-refractivity contribution in [2.24, 2.45) is 0 Å². The molecular weight excluding hydrogens is 232 g/mol. The van der Waals surface area contributed by atoms with Crippen LogP contribution in [-0.4, -0.2) is 15.4 Å². The number of alkyl halides is 1. The Labute approximate surface area is 105 Å². The maximum absolute atomic E-state index is 5.83. The minimum atomic E-state index is 0.610. The molecule has 3 rings (SSSR count). The first-order chi connectivity index (χ1) is 8.29. The molecule has 1 heterocycles. The van der Waals surface area contributed by atoms with Gasteiger partial charge in [-0.25, -0.2) is 4.98 Å². The van der Waals surface area contributed by atoms with Crippen LogP contribution < -0.4 is 0 Å². The molecule has 0 saturated carbocycles. The number of rotatable bonds is 2. The summed E-state index contributed by atoms with van der Waals surface area (Å²) >= 11 is 5.83. The van der Waals surface area contributed by atoms with E-state index in [9.17, 15) is 0 Å². The molecule has 0 spiro atoms. The van der Waals surface area contributed by atoms with E-state index in [0.29, 0.717) is 5.88 Å². The van der Waals surface area contributed by atoms with Crippen LogP contribution in [0.4, 0.5) is 0 Å². The number of nitrogens with zero attached hydrogens (tertiary/aromatic N) is 2. The third-order valence-electron chi connectivity index (χ3n) is 3.11. The van der Waals surface area contributed by atoms with Crippen molar-refractivity contribution in [3.05, 3.63) is 42.2 Å². The summed E-state index contributed by atoms with van der Waals surface area (Å²) in [7, 11) is 0. The molecular formula is C14H13ClN2. The van der Waals surface area contributed by atoms with Crippen molar-refractivity contribution in [1.82, 2.24) is 9.55 Å². The predicted octanol–water partition coefficient (Wildman–Crippen LogP) is 3.74. The molecule has 0 aliphatic carbocycles. The van der Waals surface area contributed by atoms with Crippen LogP contribution in [0.25, 0.3) is 21.8 Å². The largest absolute Gasteiger partial charge is 0.327 e. The van der Waals surface area contributed by atoms with Crippen molar-refractivity contribution in [3.8, 4) is 0 Å². The lowest BCUT2D eigenvalue weighted by Gasteiger charge is -2.04. The maximum atomic E-state index is 5.83. The molecule has 0 radical (unpaired) electrons. The van der Waals surface area contributed by atoms with Crippen LogP contribution in [0.2, 0.25) is 0 Å². The second-order valence-electron chi connectivity index (χ2n) is 4.19. The normalized spacial score (nSPS) is 11.4. The van der Waals surface area contributed by atoms with Crippen molar-refractivity contribution >= 4 is 33.4 Å². The molecule has 86 valence electrons. The second-order valence-corrected chi connectivity index (χ2v) is 4.57. The van der Waals surface area contributed by atoms with Gasteiger partial charge in [-0.2, -0.15) is 0 Å². The number of benzene rings is 2. The van der Waals surface area contributed by atoms with Gasteiger partial charge in [0.05, 0.1) is 11.0 Å². The Morgan fingerprint density at radius 2 is 1.88 bits per heavy atom. The standard InChI is InChI=1S/C14H13ClN2/c1-10-16-13-8-11-4-2-3-5-12(11)9-14(13)17(10)7-6-15/h2-5,8-9H,6-7H2,1H3. The number of imidazole rings is 1. The lowest BCUT2D eigenvalue weighted by molar-refractivity contribution is 0.759. The van der Waals surface area contributed by atoms with E-state index in [1.807, 2.05) is 6.92 Å². The van der Waals surface area contributed by atoms with Crippen LogP contribution in [0.5, 0.6) is 0 Å². The summed E-state index contributed by atoms with van der Waals surface area (Å²) in [6.45, 7) is 2.83. The third kappa shape index (κ3) is 1.69. The average Bonchev–Trinajstić information content (AvgIpc) is 2.63. The lowest BCUT2D eigenvalue weighted by Crippen LogP contribution is -2.01. The van der Waals surface area contributed by atoms with Crippen LogP contribution in [0.1, 0.15) is 5.82 Å². The van der Waals surface area contributed by atoms with Gasteiger partial charge in [-0.3, -0.25) is 0 Å². The molecule has 0 aliphatic heterocycles. The molecule has 0 atom stereocenters. The summed E-state index contributed by atoms with van der Waals surface area (Å²) in [6, 6.07) is 12.7. The average molecular weight is 245 g/mol.